The normalized spacial score (nSPS) is 10.4. The minimum Gasteiger partial charge on any atom is -0.354 e. The standard InChI is InChI=1S/C15H17BrN2/c1-3-12-6-8-13(9-7-12)11-18(2)15-14(16)5-4-10-17-15/h4-10H,3,11H2,1-2H3. The van der Waals surface area contributed by atoms with E-state index in [1.807, 2.05) is 18.3 Å². The fourth-order valence-electron chi connectivity index (χ4n) is 1.89. The smallest absolute Gasteiger partial charge is 0.142 e. The van der Waals surface area contributed by atoms with Crippen LogP contribution >= 0.6 is 15.9 Å². The highest BCUT2D eigenvalue weighted by Gasteiger charge is 2.06. The van der Waals surface area contributed by atoms with Crippen LogP contribution in [0.15, 0.2) is 47.1 Å². The molecule has 0 atom stereocenters. The van der Waals surface area contributed by atoms with Gasteiger partial charge in [0.1, 0.15) is 5.82 Å². The molecule has 94 valence electrons. The molecule has 18 heavy (non-hydrogen) atoms. The van der Waals surface area contributed by atoms with Gasteiger partial charge >= 0.3 is 0 Å². The van der Waals surface area contributed by atoms with Crippen molar-refractivity contribution >= 4 is 21.7 Å². The first-order valence-corrected chi connectivity index (χ1v) is 6.89. The van der Waals surface area contributed by atoms with E-state index in [0.29, 0.717) is 0 Å². The number of rotatable bonds is 4. The number of halogens is 1. The van der Waals surface area contributed by atoms with Gasteiger partial charge in [-0.2, -0.15) is 0 Å². The second-order valence-corrected chi connectivity index (χ2v) is 5.19. The number of aryl methyl sites for hydroxylation is 1. The zero-order chi connectivity index (χ0) is 13.0. The van der Waals surface area contributed by atoms with Crippen LogP contribution in [-0.4, -0.2) is 12.0 Å². The molecule has 0 aliphatic heterocycles. The van der Waals surface area contributed by atoms with Gasteiger partial charge in [0.15, 0.2) is 0 Å². The Labute approximate surface area is 117 Å². The van der Waals surface area contributed by atoms with E-state index in [2.05, 4.69) is 64.1 Å². The molecule has 2 nitrogen and oxygen atoms in total. The molecular weight excluding hydrogens is 288 g/mol. The Morgan fingerprint density at radius 3 is 2.39 bits per heavy atom. The quantitative estimate of drug-likeness (QED) is 0.847. The molecule has 0 saturated carbocycles. The monoisotopic (exact) mass is 304 g/mol. The maximum atomic E-state index is 4.39. The number of aromatic nitrogens is 1. The third kappa shape index (κ3) is 3.10. The van der Waals surface area contributed by atoms with E-state index in [9.17, 15) is 0 Å². The summed E-state index contributed by atoms with van der Waals surface area (Å²) in [6, 6.07) is 12.7. The number of benzene rings is 1. The second-order valence-electron chi connectivity index (χ2n) is 4.33. The molecule has 1 heterocycles. The Kier molecular flexibility index (Phi) is 4.37. The summed E-state index contributed by atoms with van der Waals surface area (Å²) in [5.41, 5.74) is 2.67. The first-order valence-electron chi connectivity index (χ1n) is 6.10. The summed E-state index contributed by atoms with van der Waals surface area (Å²) >= 11 is 3.53. The van der Waals surface area contributed by atoms with Gasteiger partial charge in [0.2, 0.25) is 0 Å². The fraction of sp³-hybridized carbons (Fsp3) is 0.267. The minimum absolute atomic E-state index is 0.861. The van der Waals surface area contributed by atoms with Crippen LogP contribution in [0.4, 0.5) is 5.82 Å². The molecular formula is C15H17BrN2. The first-order chi connectivity index (χ1) is 8.70. The number of hydrogen-bond acceptors (Lipinski definition) is 2. The summed E-state index contributed by atoms with van der Waals surface area (Å²) in [5, 5.41) is 0. The highest BCUT2D eigenvalue weighted by atomic mass is 79.9. The van der Waals surface area contributed by atoms with Gasteiger partial charge in [-0.3, -0.25) is 0 Å². The second kappa shape index (κ2) is 6.01. The van der Waals surface area contributed by atoms with Crippen molar-refractivity contribution in [3.8, 4) is 0 Å². The van der Waals surface area contributed by atoms with E-state index in [-0.39, 0.29) is 0 Å². The third-order valence-corrected chi connectivity index (χ3v) is 3.57. The lowest BCUT2D eigenvalue weighted by atomic mass is 10.1. The molecule has 1 aromatic carbocycles. The average molecular weight is 305 g/mol. The lowest BCUT2D eigenvalue weighted by Gasteiger charge is -2.19. The SMILES string of the molecule is CCc1ccc(CN(C)c2ncccc2Br)cc1. The Hall–Kier alpha value is -1.35. The zero-order valence-corrected chi connectivity index (χ0v) is 12.3. The van der Waals surface area contributed by atoms with Crippen molar-refractivity contribution in [3.05, 3.63) is 58.2 Å². The van der Waals surface area contributed by atoms with Crippen LogP contribution in [0.2, 0.25) is 0 Å². The van der Waals surface area contributed by atoms with E-state index < -0.39 is 0 Å². The van der Waals surface area contributed by atoms with Crippen LogP contribution in [0.3, 0.4) is 0 Å². The van der Waals surface area contributed by atoms with Gasteiger partial charge in [-0.05, 0) is 45.6 Å². The van der Waals surface area contributed by atoms with Crippen molar-refractivity contribution in [2.75, 3.05) is 11.9 Å². The van der Waals surface area contributed by atoms with E-state index in [4.69, 9.17) is 0 Å². The molecule has 0 amide bonds. The number of anilines is 1. The predicted octanol–water partition coefficient (Wildman–Crippen LogP) is 4.04. The summed E-state index contributed by atoms with van der Waals surface area (Å²) in [7, 11) is 2.06. The molecule has 0 bridgehead atoms. The Bertz CT molecular complexity index is 508. The molecule has 1 aromatic heterocycles. The number of nitrogens with zero attached hydrogens (tertiary/aromatic N) is 2. The molecule has 2 rings (SSSR count). The van der Waals surface area contributed by atoms with Crippen LogP contribution in [0, 0.1) is 0 Å². The Morgan fingerprint density at radius 2 is 1.78 bits per heavy atom. The molecule has 0 aliphatic carbocycles. The van der Waals surface area contributed by atoms with Gasteiger partial charge in [0.05, 0.1) is 4.47 Å². The van der Waals surface area contributed by atoms with Gasteiger partial charge in [-0.15, -0.1) is 0 Å². The third-order valence-electron chi connectivity index (χ3n) is 2.95. The van der Waals surface area contributed by atoms with Crippen LogP contribution in [0.5, 0.6) is 0 Å². The van der Waals surface area contributed by atoms with E-state index >= 15 is 0 Å². The summed E-state index contributed by atoms with van der Waals surface area (Å²) in [4.78, 5) is 6.53. The van der Waals surface area contributed by atoms with Gasteiger partial charge in [0, 0.05) is 19.8 Å². The number of hydrogen-bond donors (Lipinski definition) is 0. The molecule has 0 saturated heterocycles. The van der Waals surface area contributed by atoms with Crippen LogP contribution in [-0.2, 0) is 13.0 Å². The lowest BCUT2D eigenvalue weighted by molar-refractivity contribution is 0.892. The van der Waals surface area contributed by atoms with E-state index in [1.165, 1.54) is 11.1 Å². The van der Waals surface area contributed by atoms with Crippen molar-refractivity contribution in [2.45, 2.75) is 19.9 Å². The van der Waals surface area contributed by atoms with Crippen molar-refractivity contribution < 1.29 is 0 Å². The molecule has 2 aromatic rings. The Balaban J connectivity index is 2.11. The summed E-state index contributed by atoms with van der Waals surface area (Å²) in [5.74, 6) is 0.970. The molecule has 0 spiro atoms. The van der Waals surface area contributed by atoms with Gasteiger partial charge in [-0.25, -0.2) is 4.98 Å². The lowest BCUT2D eigenvalue weighted by Crippen LogP contribution is -2.18. The van der Waals surface area contributed by atoms with Crippen molar-refractivity contribution in [3.63, 3.8) is 0 Å². The van der Waals surface area contributed by atoms with Gasteiger partial charge in [-0.1, -0.05) is 31.2 Å². The topological polar surface area (TPSA) is 16.1 Å². The average Bonchev–Trinajstić information content (AvgIpc) is 2.40. The molecule has 0 N–H and O–H groups in total. The van der Waals surface area contributed by atoms with Crippen LogP contribution in [0.1, 0.15) is 18.1 Å². The maximum absolute atomic E-state index is 4.39. The molecule has 0 fully saturated rings. The zero-order valence-electron chi connectivity index (χ0n) is 10.7. The number of pyridine rings is 1. The molecule has 3 heteroatoms. The predicted molar refractivity (Wildman–Crippen MR) is 79.9 cm³/mol. The van der Waals surface area contributed by atoms with Crippen LogP contribution in [0.25, 0.3) is 0 Å². The largest absolute Gasteiger partial charge is 0.354 e. The highest BCUT2D eigenvalue weighted by molar-refractivity contribution is 9.10. The van der Waals surface area contributed by atoms with Gasteiger partial charge < -0.3 is 4.90 Å². The minimum atomic E-state index is 0.861. The fourth-order valence-corrected chi connectivity index (χ4v) is 2.45. The maximum Gasteiger partial charge on any atom is 0.142 e. The van der Waals surface area contributed by atoms with E-state index in [0.717, 1.165) is 23.3 Å². The van der Waals surface area contributed by atoms with Gasteiger partial charge in [0.25, 0.3) is 0 Å². The molecule has 0 unspecified atom stereocenters. The summed E-state index contributed by atoms with van der Waals surface area (Å²) in [6.45, 7) is 3.03. The highest BCUT2D eigenvalue weighted by Crippen LogP contribution is 2.23. The summed E-state index contributed by atoms with van der Waals surface area (Å²) < 4.78 is 1.03. The summed E-state index contributed by atoms with van der Waals surface area (Å²) in [6.07, 6.45) is 2.90. The first kappa shape index (κ1) is 13.1. The van der Waals surface area contributed by atoms with Crippen molar-refractivity contribution in [1.29, 1.82) is 0 Å². The van der Waals surface area contributed by atoms with E-state index in [1.54, 1.807) is 0 Å². The van der Waals surface area contributed by atoms with Crippen molar-refractivity contribution in [1.82, 2.24) is 4.98 Å². The van der Waals surface area contributed by atoms with Crippen molar-refractivity contribution in [2.24, 2.45) is 0 Å². The Morgan fingerprint density at radius 1 is 1.11 bits per heavy atom. The van der Waals surface area contributed by atoms with Crippen LogP contribution < -0.4 is 4.90 Å². The molecule has 0 aliphatic rings. The molecule has 0 radical (unpaired) electrons.